The van der Waals surface area contributed by atoms with Gasteiger partial charge in [0.05, 0.1) is 23.1 Å². The molecular weight excluding hydrogens is 369 g/mol. The van der Waals surface area contributed by atoms with E-state index in [1.165, 1.54) is 6.07 Å². The summed E-state index contributed by atoms with van der Waals surface area (Å²) in [6, 6.07) is 3.13. The van der Waals surface area contributed by atoms with Gasteiger partial charge in [-0.3, -0.25) is 4.79 Å². The van der Waals surface area contributed by atoms with Crippen molar-refractivity contribution >= 4 is 40.0 Å². The number of alkyl halides is 4. The molecule has 0 atom stereocenters. The van der Waals surface area contributed by atoms with E-state index in [0.29, 0.717) is 0 Å². The quantitative estimate of drug-likeness (QED) is 0.451. The highest BCUT2D eigenvalue weighted by molar-refractivity contribution is 14.1. The molecule has 1 aromatic rings. The second-order valence-electron chi connectivity index (χ2n) is 3.04. The fourth-order valence-electron chi connectivity index (χ4n) is 1.19. The molecular formula is C10H4ClF3INO. The molecule has 0 bridgehead atoms. The van der Waals surface area contributed by atoms with Crippen LogP contribution in [0.4, 0.5) is 13.2 Å². The smallest absolute Gasteiger partial charge is 0.293 e. The van der Waals surface area contributed by atoms with E-state index in [1.54, 1.807) is 22.6 Å². The van der Waals surface area contributed by atoms with Gasteiger partial charge in [0.2, 0.25) is 0 Å². The fourth-order valence-corrected chi connectivity index (χ4v) is 2.10. The average molecular weight is 373 g/mol. The third-order valence-corrected chi connectivity index (χ3v) is 3.09. The first kappa shape index (κ1) is 14.3. The van der Waals surface area contributed by atoms with Crippen molar-refractivity contribution in [3.63, 3.8) is 0 Å². The van der Waals surface area contributed by atoms with E-state index in [2.05, 4.69) is 0 Å². The summed E-state index contributed by atoms with van der Waals surface area (Å²) in [5, 5.41) is 8.65. The lowest BCUT2D eigenvalue weighted by molar-refractivity contribution is -0.137. The summed E-state index contributed by atoms with van der Waals surface area (Å²) < 4.78 is 37.8. The van der Waals surface area contributed by atoms with Crippen LogP contribution in [0.15, 0.2) is 12.1 Å². The number of halogens is 5. The van der Waals surface area contributed by atoms with Gasteiger partial charge in [0.25, 0.3) is 0 Å². The molecule has 0 aliphatic heterocycles. The molecule has 0 amide bonds. The molecule has 0 unspecified atom stereocenters. The fraction of sp³-hybridized carbons (Fsp3) is 0.200. The molecule has 17 heavy (non-hydrogen) atoms. The van der Waals surface area contributed by atoms with Crippen molar-refractivity contribution in [3.8, 4) is 6.07 Å². The summed E-state index contributed by atoms with van der Waals surface area (Å²) in [5.74, 6) is -0.854. The van der Waals surface area contributed by atoms with Gasteiger partial charge in [-0.25, -0.2) is 0 Å². The maximum atomic E-state index is 12.6. The molecule has 0 saturated carbocycles. The van der Waals surface area contributed by atoms with Crippen molar-refractivity contribution < 1.29 is 18.0 Å². The third-order valence-electron chi connectivity index (χ3n) is 1.95. The highest BCUT2D eigenvalue weighted by atomic mass is 127. The van der Waals surface area contributed by atoms with Crippen LogP contribution in [0.3, 0.4) is 0 Å². The Labute approximate surface area is 114 Å². The topological polar surface area (TPSA) is 40.9 Å². The van der Waals surface area contributed by atoms with E-state index < -0.39 is 23.1 Å². The minimum atomic E-state index is -4.62. The van der Waals surface area contributed by atoms with Crippen LogP contribution in [-0.4, -0.2) is 11.7 Å². The molecule has 2 nitrogen and oxygen atoms in total. The van der Waals surface area contributed by atoms with Crippen LogP contribution in [0, 0.1) is 14.9 Å². The summed E-state index contributed by atoms with van der Waals surface area (Å²) in [5.41, 5.74) is -1.59. The Bertz CT molecular complexity index is 507. The Kier molecular flexibility index (Phi) is 4.38. The number of ketones is 1. The second kappa shape index (κ2) is 5.23. The number of hydrogen-bond donors (Lipinski definition) is 0. The number of Topliss-reactive ketones (excluding diaryl/α,β-unsaturated/α-hetero) is 1. The SMILES string of the molecule is N#Cc1cc(C(=O)CCl)c(I)cc1C(F)(F)F. The van der Waals surface area contributed by atoms with Gasteiger partial charge in [0, 0.05) is 9.13 Å². The van der Waals surface area contributed by atoms with Crippen molar-refractivity contribution in [1.29, 1.82) is 5.26 Å². The van der Waals surface area contributed by atoms with Crippen LogP contribution < -0.4 is 0 Å². The number of carbonyl (C=O) groups is 1. The summed E-state index contributed by atoms with van der Waals surface area (Å²) in [7, 11) is 0. The van der Waals surface area contributed by atoms with Crippen molar-refractivity contribution in [2.24, 2.45) is 0 Å². The lowest BCUT2D eigenvalue weighted by Crippen LogP contribution is -2.12. The van der Waals surface area contributed by atoms with Crippen molar-refractivity contribution in [2.75, 3.05) is 5.88 Å². The van der Waals surface area contributed by atoms with Crippen molar-refractivity contribution in [2.45, 2.75) is 6.18 Å². The van der Waals surface area contributed by atoms with E-state index in [1.807, 2.05) is 0 Å². The van der Waals surface area contributed by atoms with Gasteiger partial charge in [-0.15, -0.1) is 11.6 Å². The highest BCUT2D eigenvalue weighted by Gasteiger charge is 2.34. The lowest BCUT2D eigenvalue weighted by Gasteiger charge is -2.11. The molecule has 1 aromatic carbocycles. The number of nitrogens with zero attached hydrogens (tertiary/aromatic N) is 1. The maximum Gasteiger partial charge on any atom is 0.417 e. The van der Waals surface area contributed by atoms with E-state index in [-0.39, 0.29) is 15.0 Å². The molecule has 0 heterocycles. The predicted molar refractivity (Wildman–Crippen MR) is 63.9 cm³/mol. The van der Waals surface area contributed by atoms with Crippen LogP contribution in [-0.2, 0) is 6.18 Å². The Hall–Kier alpha value is -0.810. The monoisotopic (exact) mass is 373 g/mol. The summed E-state index contributed by atoms with van der Waals surface area (Å²) in [6.45, 7) is 0. The van der Waals surface area contributed by atoms with Crippen LogP contribution in [0.2, 0.25) is 0 Å². The van der Waals surface area contributed by atoms with E-state index in [0.717, 1.165) is 12.1 Å². The third kappa shape index (κ3) is 3.10. The molecule has 0 spiro atoms. The zero-order valence-corrected chi connectivity index (χ0v) is 11.0. The van der Waals surface area contributed by atoms with Gasteiger partial charge in [-0.2, -0.15) is 18.4 Å². The number of hydrogen-bond acceptors (Lipinski definition) is 2. The van der Waals surface area contributed by atoms with Gasteiger partial charge in [-0.05, 0) is 34.7 Å². The number of rotatable bonds is 2. The molecule has 0 aliphatic carbocycles. The van der Waals surface area contributed by atoms with Gasteiger partial charge in [0.1, 0.15) is 0 Å². The van der Waals surface area contributed by atoms with Crippen LogP contribution >= 0.6 is 34.2 Å². The van der Waals surface area contributed by atoms with Gasteiger partial charge < -0.3 is 0 Å². The predicted octanol–water partition coefficient (Wildman–Crippen LogP) is 3.60. The Morgan fingerprint density at radius 1 is 1.47 bits per heavy atom. The molecule has 0 radical (unpaired) electrons. The molecule has 90 valence electrons. The molecule has 0 saturated heterocycles. The normalized spacial score (nSPS) is 11.1. The molecule has 0 fully saturated rings. The largest absolute Gasteiger partial charge is 0.417 e. The van der Waals surface area contributed by atoms with E-state index >= 15 is 0 Å². The minimum absolute atomic E-state index is 0.0325. The molecule has 1 rings (SSSR count). The zero-order valence-electron chi connectivity index (χ0n) is 8.11. The lowest BCUT2D eigenvalue weighted by atomic mass is 10.0. The Morgan fingerprint density at radius 3 is 2.47 bits per heavy atom. The average Bonchev–Trinajstić information content (AvgIpc) is 2.26. The maximum absolute atomic E-state index is 12.6. The minimum Gasteiger partial charge on any atom is -0.293 e. The standard InChI is InChI=1S/C10H4ClF3INO/c11-3-9(17)6-1-5(4-16)7(2-8(6)15)10(12,13)14/h1-2H,3H2. The summed E-state index contributed by atoms with van der Waals surface area (Å²) in [4.78, 5) is 11.3. The zero-order chi connectivity index (χ0) is 13.2. The van der Waals surface area contributed by atoms with Gasteiger partial charge in [-0.1, -0.05) is 0 Å². The van der Waals surface area contributed by atoms with E-state index in [9.17, 15) is 18.0 Å². The van der Waals surface area contributed by atoms with Gasteiger partial charge >= 0.3 is 6.18 Å². The highest BCUT2D eigenvalue weighted by Crippen LogP contribution is 2.34. The van der Waals surface area contributed by atoms with Crippen LogP contribution in [0.25, 0.3) is 0 Å². The molecule has 7 heteroatoms. The van der Waals surface area contributed by atoms with E-state index in [4.69, 9.17) is 16.9 Å². The number of benzene rings is 1. The number of nitriles is 1. The number of carbonyl (C=O) groups excluding carboxylic acids is 1. The molecule has 0 N–H and O–H groups in total. The van der Waals surface area contributed by atoms with Gasteiger partial charge in [0.15, 0.2) is 5.78 Å². The Morgan fingerprint density at radius 2 is 2.06 bits per heavy atom. The second-order valence-corrected chi connectivity index (χ2v) is 4.47. The van der Waals surface area contributed by atoms with Crippen molar-refractivity contribution in [1.82, 2.24) is 0 Å². The molecule has 0 aromatic heterocycles. The van der Waals surface area contributed by atoms with Crippen LogP contribution in [0.1, 0.15) is 21.5 Å². The Balaban J connectivity index is 3.47. The first-order valence-corrected chi connectivity index (χ1v) is 5.82. The first-order valence-electron chi connectivity index (χ1n) is 4.21. The van der Waals surface area contributed by atoms with Crippen molar-refractivity contribution in [3.05, 3.63) is 32.4 Å². The summed E-state index contributed by atoms with van der Waals surface area (Å²) >= 11 is 6.93. The first-order chi connectivity index (χ1) is 7.81. The molecule has 0 aliphatic rings. The van der Waals surface area contributed by atoms with Crippen LogP contribution in [0.5, 0.6) is 0 Å². The summed E-state index contributed by atoms with van der Waals surface area (Å²) in [6.07, 6.45) is -4.62.